The van der Waals surface area contributed by atoms with Crippen LogP contribution in [0, 0.1) is 22.6 Å². The van der Waals surface area contributed by atoms with E-state index in [0.29, 0.717) is 16.1 Å². The first-order valence-electron chi connectivity index (χ1n) is 7.24. The monoisotopic (exact) mass is 351 g/mol. The molecule has 2 aliphatic rings. The van der Waals surface area contributed by atoms with Gasteiger partial charge in [-0.2, -0.15) is 0 Å². The van der Waals surface area contributed by atoms with Crippen LogP contribution in [0.1, 0.15) is 33.1 Å². The van der Waals surface area contributed by atoms with Crippen molar-refractivity contribution in [2.24, 2.45) is 16.7 Å². The summed E-state index contributed by atoms with van der Waals surface area (Å²) in [7, 11) is 0. The molecule has 0 aromatic heterocycles. The first-order chi connectivity index (χ1) is 9.77. The van der Waals surface area contributed by atoms with Gasteiger partial charge in [0.2, 0.25) is 5.91 Å². The molecular formula is C17H19BrFNO. The summed E-state index contributed by atoms with van der Waals surface area (Å²) < 4.78 is 13.7. The molecule has 1 N–H and O–H groups in total. The molecule has 0 saturated heterocycles. The highest BCUT2D eigenvalue weighted by Gasteiger charge is 2.60. The van der Waals surface area contributed by atoms with Gasteiger partial charge in [0.25, 0.3) is 0 Å². The van der Waals surface area contributed by atoms with Gasteiger partial charge in [0.05, 0.1) is 11.1 Å². The van der Waals surface area contributed by atoms with E-state index >= 15 is 0 Å². The molecule has 2 fully saturated rings. The molecule has 0 unspecified atom stereocenters. The van der Waals surface area contributed by atoms with E-state index in [1.165, 1.54) is 12.1 Å². The Labute approximate surface area is 132 Å². The average molecular weight is 352 g/mol. The number of amides is 1. The fourth-order valence-electron chi connectivity index (χ4n) is 3.97. The first-order valence-corrected chi connectivity index (χ1v) is 8.03. The van der Waals surface area contributed by atoms with Gasteiger partial charge >= 0.3 is 0 Å². The third-order valence-corrected chi connectivity index (χ3v) is 6.16. The number of anilines is 1. The zero-order valence-corrected chi connectivity index (χ0v) is 13.9. The van der Waals surface area contributed by atoms with E-state index < -0.39 is 5.41 Å². The number of nitrogens with one attached hydrogen (secondary N) is 1. The van der Waals surface area contributed by atoms with Gasteiger partial charge in [-0.25, -0.2) is 4.39 Å². The fraction of sp³-hybridized carbons (Fsp3) is 0.471. The van der Waals surface area contributed by atoms with Crippen LogP contribution >= 0.6 is 15.9 Å². The molecule has 2 bridgehead atoms. The summed E-state index contributed by atoms with van der Waals surface area (Å²) in [5.74, 6) is 0.200. The predicted octanol–water partition coefficient (Wildman–Crippen LogP) is 4.91. The van der Waals surface area contributed by atoms with Gasteiger partial charge in [-0.3, -0.25) is 4.79 Å². The summed E-state index contributed by atoms with van der Waals surface area (Å²) in [5.41, 5.74) is 1.22. The van der Waals surface area contributed by atoms with E-state index in [0.717, 1.165) is 24.8 Å². The summed E-state index contributed by atoms with van der Waals surface area (Å²) in [6.45, 7) is 8.59. The average Bonchev–Trinajstić information content (AvgIpc) is 2.93. The molecule has 1 aromatic rings. The number of hydrogen-bond donors (Lipinski definition) is 1. The highest BCUT2D eigenvalue weighted by atomic mass is 79.9. The molecule has 2 nitrogen and oxygen atoms in total. The molecule has 112 valence electrons. The van der Waals surface area contributed by atoms with Crippen molar-refractivity contribution in [2.75, 3.05) is 5.32 Å². The normalized spacial score (nSPS) is 29.7. The molecule has 0 aliphatic heterocycles. The number of hydrogen-bond acceptors (Lipinski definition) is 1. The minimum atomic E-state index is -0.456. The molecule has 21 heavy (non-hydrogen) atoms. The maximum absolute atomic E-state index is 13.1. The van der Waals surface area contributed by atoms with Crippen molar-refractivity contribution in [3.8, 4) is 0 Å². The Kier molecular flexibility index (Phi) is 3.28. The molecular weight excluding hydrogens is 333 g/mol. The number of rotatable bonds is 2. The van der Waals surface area contributed by atoms with E-state index in [1.54, 1.807) is 6.07 Å². The van der Waals surface area contributed by atoms with Crippen LogP contribution in [0.25, 0.3) is 0 Å². The number of carbonyl (C=O) groups excluding carboxylic acids is 1. The maximum Gasteiger partial charge on any atom is 0.234 e. The third kappa shape index (κ3) is 2.07. The smallest absolute Gasteiger partial charge is 0.234 e. The standard InChI is InChI=1S/C17H19BrFNO/c1-10-16(2,3)11-6-7-17(10,9-11)15(21)20-14-5-4-12(19)8-13(14)18/h4-5,8,11H,1,6-7,9H2,2-3H3,(H,20,21)/t11-,17+/m1/s1. The number of fused-ring (bicyclic) bond motifs is 2. The van der Waals surface area contributed by atoms with E-state index in [4.69, 9.17) is 0 Å². The van der Waals surface area contributed by atoms with E-state index in [9.17, 15) is 9.18 Å². The van der Waals surface area contributed by atoms with Gasteiger partial charge in [-0.1, -0.05) is 26.0 Å². The Morgan fingerprint density at radius 2 is 2.19 bits per heavy atom. The Morgan fingerprint density at radius 1 is 1.48 bits per heavy atom. The summed E-state index contributed by atoms with van der Waals surface area (Å²) in [5, 5.41) is 2.95. The lowest BCUT2D eigenvalue weighted by atomic mass is 9.68. The lowest BCUT2D eigenvalue weighted by Gasteiger charge is -2.37. The minimum Gasteiger partial charge on any atom is -0.324 e. The zero-order valence-electron chi connectivity index (χ0n) is 12.3. The first kappa shape index (κ1) is 14.8. The van der Waals surface area contributed by atoms with Gasteiger partial charge in [0.1, 0.15) is 5.82 Å². The second-order valence-electron chi connectivity index (χ2n) is 6.80. The van der Waals surface area contributed by atoms with Crippen molar-refractivity contribution in [1.82, 2.24) is 0 Å². The molecule has 4 heteroatoms. The second-order valence-corrected chi connectivity index (χ2v) is 7.65. The predicted molar refractivity (Wildman–Crippen MR) is 85.4 cm³/mol. The summed E-state index contributed by atoms with van der Waals surface area (Å²) in [4.78, 5) is 12.8. The van der Waals surface area contributed by atoms with E-state index in [2.05, 4.69) is 41.7 Å². The molecule has 2 aliphatic carbocycles. The maximum atomic E-state index is 13.1. The Hall–Kier alpha value is -1.16. The van der Waals surface area contributed by atoms with Crippen LogP contribution in [0.4, 0.5) is 10.1 Å². The van der Waals surface area contributed by atoms with Crippen molar-refractivity contribution in [2.45, 2.75) is 33.1 Å². The molecule has 0 spiro atoms. The van der Waals surface area contributed by atoms with Gasteiger partial charge in [0.15, 0.2) is 0 Å². The summed E-state index contributed by atoms with van der Waals surface area (Å²) in [6, 6.07) is 4.30. The van der Waals surface area contributed by atoms with Crippen molar-refractivity contribution in [3.05, 3.63) is 40.6 Å². The van der Waals surface area contributed by atoms with Crippen LogP contribution in [-0.2, 0) is 4.79 Å². The van der Waals surface area contributed by atoms with Crippen molar-refractivity contribution >= 4 is 27.5 Å². The lowest BCUT2D eigenvalue weighted by molar-refractivity contribution is -0.123. The highest BCUT2D eigenvalue weighted by molar-refractivity contribution is 9.10. The van der Waals surface area contributed by atoms with Crippen LogP contribution in [0.2, 0.25) is 0 Å². The summed E-state index contributed by atoms with van der Waals surface area (Å²) >= 11 is 3.29. The quantitative estimate of drug-likeness (QED) is 0.753. The van der Waals surface area contributed by atoms with E-state index in [1.807, 2.05) is 0 Å². The van der Waals surface area contributed by atoms with Crippen molar-refractivity contribution in [1.29, 1.82) is 0 Å². The zero-order chi connectivity index (χ0) is 15.4. The highest BCUT2D eigenvalue weighted by Crippen LogP contribution is 2.65. The van der Waals surface area contributed by atoms with Crippen LogP contribution in [0.5, 0.6) is 0 Å². The number of benzene rings is 1. The third-order valence-electron chi connectivity index (χ3n) is 5.50. The fourth-order valence-corrected chi connectivity index (χ4v) is 4.42. The minimum absolute atomic E-state index is 0.00659. The Balaban J connectivity index is 1.88. The van der Waals surface area contributed by atoms with Crippen LogP contribution in [0.3, 0.4) is 0 Å². The molecule has 2 saturated carbocycles. The van der Waals surface area contributed by atoms with Gasteiger partial charge < -0.3 is 5.32 Å². The topological polar surface area (TPSA) is 29.1 Å². The Morgan fingerprint density at radius 3 is 2.76 bits per heavy atom. The van der Waals surface area contributed by atoms with Crippen molar-refractivity contribution < 1.29 is 9.18 Å². The molecule has 1 amide bonds. The Bertz CT molecular complexity index is 640. The number of halogens is 2. The lowest BCUT2D eigenvalue weighted by Crippen LogP contribution is -2.37. The molecule has 2 atom stereocenters. The van der Waals surface area contributed by atoms with Crippen LogP contribution < -0.4 is 5.32 Å². The van der Waals surface area contributed by atoms with Crippen LogP contribution in [-0.4, -0.2) is 5.91 Å². The SMILES string of the molecule is C=C1C(C)(C)[C@@H]2CC[C@]1(C(=O)Nc1ccc(F)cc1Br)C2. The molecule has 0 radical (unpaired) electrons. The largest absolute Gasteiger partial charge is 0.324 e. The summed E-state index contributed by atoms with van der Waals surface area (Å²) in [6.07, 6.45) is 2.82. The molecule has 3 rings (SSSR count). The van der Waals surface area contributed by atoms with Crippen LogP contribution in [0.15, 0.2) is 34.8 Å². The van der Waals surface area contributed by atoms with E-state index in [-0.39, 0.29) is 17.1 Å². The second kappa shape index (κ2) is 4.67. The van der Waals surface area contributed by atoms with Crippen molar-refractivity contribution in [3.63, 3.8) is 0 Å². The molecule has 1 aromatic carbocycles. The van der Waals surface area contributed by atoms with Gasteiger partial charge in [0, 0.05) is 4.47 Å². The van der Waals surface area contributed by atoms with Gasteiger partial charge in [-0.05, 0) is 64.7 Å². The molecule has 0 heterocycles. The van der Waals surface area contributed by atoms with Gasteiger partial charge in [-0.15, -0.1) is 0 Å². The number of carbonyl (C=O) groups is 1.